The van der Waals surface area contributed by atoms with Crippen molar-refractivity contribution in [3.8, 4) is 5.75 Å². The fraction of sp³-hybridized carbons (Fsp3) is 0.188. The first-order valence-electron chi connectivity index (χ1n) is 6.44. The van der Waals surface area contributed by atoms with Gasteiger partial charge in [-0.2, -0.15) is 0 Å². The summed E-state index contributed by atoms with van der Waals surface area (Å²) in [6, 6.07) is 15.8. The Hall–Kier alpha value is -2.49. The van der Waals surface area contributed by atoms with E-state index in [0.717, 1.165) is 12.2 Å². The molecule has 2 aromatic carbocycles. The zero-order valence-corrected chi connectivity index (χ0v) is 11.4. The van der Waals surface area contributed by atoms with Crippen molar-refractivity contribution in [2.24, 2.45) is 5.73 Å². The summed E-state index contributed by atoms with van der Waals surface area (Å²) in [5.41, 5.74) is 8.50. The van der Waals surface area contributed by atoms with Crippen molar-refractivity contribution >= 4 is 11.6 Å². The Morgan fingerprint density at radius 1 is 1.20 bits per heavy atom. The quantitative estimate of drug-likeness (QED) is 0.847. The standard InChI is InChI=1S/C16H18N2O2/c1-12-3-2-4-13(9-12)10-18-14-5-7-15(8-6-14)20-11-16(17)19/h2-9,18H,10-11H2,1H3,(H2,17,19). The molecule has 0 heterocycles. The Balaban J connectivity index is 1.89. The first kappa shape index (κ1) is 13.9. The first-order valence-corrected chi connectivity index (χ1v) is 6.44. The highest BCUT2D eigenvalue weighted by molar-refractivity contribution is 5.75. The smallest absolute Gasteiger partial charge is 0.255 e. The van der Waals surface area contributed by atoms with Crippen LogP contribution in [0.1, 0.15) is 11.1 Å². The molecular weight excluding hydrogens is 252 g/mol. The third kappa shape index (κ3) is 4.31. The van der Waals surface area contributed by atoms with Crippen LogP contribution in [0.2, 0.25) is 0 Å². The molecule has 0 aliphatic carbocycles. The number of rotatable bonds is 6. The highest BCUT2D eigenvalue weighted by Crippen LogP contribution is 2.16. The predicted octanol–water partition coefficient (Wildman–Crippen LogP) is 2.47. The normalized spacial score (nSPS) is 10.1. The minimum absolute atomic E-state index is 0.101. The van der Waals surface area contributed by atoms with Crippen LogP contribution in [-0.4, -0.2) is 12.5 Å². The summed E-state index contributed by atoms with van der Waals surface area (Å²) in [5.74, 6) is 0.150. The van der Waals surface area contributed by atoms with Crippen molar-refractivity contribution in [3.63, 3.8) is 0 Å². The molecular formula is C16H18N2O2. The van der Waals surface area contributed by atoms with Crippen molar-refractivity contribution in [2.45, 2.75) is 13.5 Å². The van der Waals surface area contributed by atoms with E-state index in [-0.39, 0.29) is 6.61 Å². The van der Waals surface area contributed by atoms with Gasteiger partial charge in [0.25, 0.3) is 5.91 Å². The van der Waals surface area contributed by atoms with E-state index < -0.39 is 5.91 Å². The number of anilines is 1. The molecule has 0 radical (unpaired) electrons. The Kier molecular flexibility index (Phi) is 4.60. The van der Waals surface area contributed by atoms with E-state index in [1.807, 2.05) is 30.3 Å². The van der Waals surface area contributed by atoms with Gasteiger partial charge in [0.05, 0.1) is 0 Å². The Morgan fingerprint density at radius 3 is 2.60 bits per heavy atom. The van der Waals surface area contributed by atoms with Crippen LogP contribution in [-0.2, 0) is 11.3 Å². The number of hydrogen-bond acceptors (Lipinski definition) is 3. The highest BCUT2D eigenvalue weighted by Gasteiger charge is 1.98. The molecule has 0 fully saturated rings. The number of benzene rings is 2. The van der Waals surface area contributed by atoms with Crippen LogP contribution in [0.25, 0.3) is 0 Å². The second kappa shape index (κ2) is 6.61. The van der Waals surface area contributed by atoms with Crippen LogP contribution in [0, 0.1) is 6.92 Å². The van der Waals surface area contributed by atoms with E-state index in [1.165, 1.54) is 11.1 Å². The summed E-state index contributed by atoms with van der Waals surface area (Å²) in [4.78, 5) is 10.6. The van der Waals surface area contributed by atoms with Crippen LogP contribution >= 0.6 is 0 Å². The van der Waals surface area contributed by atoms with Crippen LogP contribution in [0.5, 0.6) is 5.75 Å². The van der Waals surface area contributed by atoms with Gasteiger partial charge in [-0.25, -0.2) is 0 Å². The lowest BCUT2D eigenvalue weighted by atomic mass is 10.1. The summed E-state index contributed by atoms with van der Waals surface area (Å²) in [6.45, 7) is 2.74. The van der Waals surface area contributed by atoms with Crippen molar-refractivity contribution in [2.75, 3.05) is 11.9 Å². The lowest BCUT2D eigenvalue weighted by Crippen LogP contribution is -2.19. The lowest BCUT2D eigenvalue weighted by molar-refractivity contribution is -0.119. The first-order chi connectivity index (χ1) is 9.63. The van der Waals surface area contributed by atoms with Crippen molar-refractivity contribution in [3.05, 3.63) is 59.7 Å². The monoisotopic (exact) mass is 270 g/mol. The Labute approximate surface area is 118 Å². The van der Waals surface area contributed by atoms with Crippen LogP contribution in [0.15, 0.2) is 48.5 Å². The fourth-order valence-corrected chi connectivity index (χ4v) is 1.85. The molecule has 2 aromatic rings. The van der Waals surface area contributed by atoms with Gasteiger partial charge in [0.15, 0.2) is 6.61 Å². The molecule has 0 spiro atoms. The molecule has 0 saturated heterocycles. The zero-order chi connectivity index (χ0) is 14.4. The van der Waals surface area contributed by atoms with Gasteiger partial charge in [-0.05, 0) is 36.8 Å². The summed E-state index contributed by atoms with van der Waals surface area (Å²) in [5, 5.41) is 3.33. The number of nitrogens with one attached hydrogen (secondary N) is 1. The molecule has 0 aliphatic rings. The molecule has 0 bridgehead atoms. The van der Waals surface area contributed by atoms with Gasteiger partial charge >= 0.3 is 0 Å². The van der Waals surface area contributed by atoms with Crippen LogP contribution in [0.3, 0.4) is 0 Å². The Morgan fingerprint density at radius 2 is 1.95 bits per heavy atom. The zero-order valence-electron chi connectivity index (χ0n) is 11.4. The molecule has 0 unspecified atom stereocenters. The average Bonchev–Trinajstić information content (AvgIpc) is 2.44. The van der Waals surface area contributed by atoms with E-state index in [1.54, 1.807) is 0 Å². The molecule has 0 aliphatic heterocycles. The second-order valence-corrected chi connectivity index (χ2v) is 4.62. The Bertz CT molecular complexity index is 579. The van der Waals surface area contributed by atoms with Gasteiger partial charge in [-0.15, -0.1) is 0 Å². The van der Waals surface area contributed by atoms with E-state index in [4.69, 9.17) is 10.5 Å². The van der Waals surface area contributed by atoms with E-state index in [0.29, 0.717) is 5.75 Å². The summed E-state index contributed by atoms with van der Waals surface area (Å²) >= 11 is 0. The topological polar surface area (TPSA) is 64.3 Å². The van der Waals surface area contributed by atoms with Gasteiger partial charge in [-0.1, -0.05) is 29.8 Å². The molecule has 0 atom stereocenters. The molecule has 2 rings (SSSR count). The maximum absolute atomic E-state index is 10.6. The molecule has 4 heteroatoms. The molecule has 0 aromatic heterocycles. The van der Waals surface area contributed by atoms with Gasteiger partial charge in [0, 0.05) is 12.2 Å². The number of aryl methyl sites for hydroxylation is 1. The van der Waals surface area contributed by atoms with Crippen LogP contribution < -0.4 is 15.8 Å². The minimum atomic E-state index is -0.480. The second-order valence-electron chi connectivity index (χ2n) is 4.62. The fourth-order valence-electron chi connectivity index (χ4n) is 1.85. The number of amides is 1. The van der Waals surface area contributed by atoms with Gasteiger partial charge in [-0.3, -0.25) is 4.79 Å². The third-order valence-corrected chi connectivity index (χ3v) is 2.81. The maximum atomic E-state index is 10.6. The van der Waals surface area contributed by atoms with E-state index >= 15 is 0 Å². The number of primary amides is 1. The minimum Gasteiger partial charge on any atom is -0.484 e. The number of carbonyl (C=O) groups is 1. The molecule has 104 valence electrons. The highest BCUT2D eigenvalue weighted by atomic mass is 16.5. The number of ether oxygens (including phenoxy) is 1. The molecule has 1 amide bonds. The van der Waals surface area contributed by atoms with Crippen LogP contribution in [0.4, 0.5) is 5.69 Å². The molecule has 4 nitrogen and oxygen atoms in total. The lowest BCUT2D eigenvalue weighted by Gasteiger charge is -2.08. The average molecular weight is 270 g/mol. The molecule has 20 heavy (non-hydrogen) atoms. The molecule has 0 saturated carbocycles. The predicted molar refractivity (Wildman–Crippen MR) is 79.6 cm³/mol. The van der Waals surface area contributed by atoms with E-state index in [9.17, 15) is 4.79 Å². The van der Waals surface area contributed by atoms with Crippen molar-refractivity contribution < 1.29 is 9.53 Å². The number of nitrogens with two attached hydrogens (primary N) is 1. The van der Waals surface area contributed by atoms with Gasteiger partial charge < -0.3 is 15.8 Å². The van der Waals surface area contributed by atoms with Crippen molar-refractivity contribution in [1.82, 2.24) is 0 Å². The molecule has 3 N–H and O–H groups in total. The van der Waals surface area contributed by atoms with Gasteiger partial charge in [0.2, 0.25) is 0 Å². The van der Waals surface area contributed by atoms with E-state index in [2.05, 4.69) is 30.4 Å². The number of hydrogen-bond donors (Lipinski definition) is 2. The summed E-state index contributed by atoms with van der Waals surface area (Å²) < 4.78 is 5.20. The SMILES string of the molecule is Cc1cccc(CNc2ccc(OCC(N)=O)cc2)c1. The summed E-state index contributed by atoms with van der Waals surface area (Å²) in [6.07, 6.45) is 0. The third-order valence-electron chi connectivity index (χ3n) is 2.81. The largest absolute Gasteiger partial charge is 0.484 e. The van der Waals surface area contributed by atoms with Crippen molar-refractivity contribution in [1.29, 1.82) is 0 Å². The number of carbonyl (C=O) groups excluding carboxylic acids is 1. The van der Waals surface area contributed by atoms with Gasteiger partial charge in [0.1, 0.15) is 5.75 Å². The maximum Gasteiger partial charge on any atom is 0.255 e. The summed E-state index contributed by atoms with van der Waals surface area (Å²) in [7, 11) is 0.